The van der Waals surface area contributed by atoms with Crippen molar-refractivity contribution in [3.63, 3.8) is 0 Å². The van der Waals surface area contributed by atoms with Crippen molar-refractivity contribution < 1.29 is 48.6 Å². The molecule has 0 fully saturated rings. The SMILES string of the molecule is CC(=O)[O-].O.O.O.O.[Co]. The molecule has 0 saturated carbocycles. The average molecular weight is 190 g/mol. The Morgan fingerprint density at radius 2 is 1.11 bits per heavy atom. The van der Waals surface area contributed by atoms with Crippen molar-refractivity contribution in [2.45, 2.75) is 6.92 Å². The second kappa shape index (κ2) is 45.8. The maximum absolute atomic E-state index is 8.89. The van der Waals surface area contributed by atoms with Crippen LogP contribution in [-0.4, -0.2) is 27.9 Å². The standard InChI is InChI=1S/C2H4O2.Co.4H2O/c1-2(3)4;;;;;/h1H3,(H,3,4);;4*1H2/p-1. The van der Waals surface area contributed by atoms with Crippen molar-refractivity contribution in [2.75, 3.05) is 0 Å². The van der Waals surface area contributed by atoms with Gasteiger partial charge in [0.15, 0.2) is 0 Å². The van der Waals surface area contributed by atoms with E-state index in [0.29, 0.717) is 0 Å². The number of carboxylic acid groups (broad SMARTS) is 1. The van der Waals surface area contributed by atoms with Gasteiger partial charge in [0, 0.05) is 22.7 Å². The van der Waals surface area contributed by atoms with Gasteiger partial charge in [-0.1, -0.05) is 0 Å². The van der Waals surface area contributed by atoms with Gasteiger partial charge in [0.2, 0.25) is 0 Å². The summed E-state index contributed by atoms with van der Waals surface area (Å²) in [6.45, 7) is 0.972. The molecule has 8 N–H and O–H groups in total. The van der Waals surface area contributed by atoms with E-state index in [1.165, 1.54) is 0 Å². The molecular weight excluding hydrogens is 179 g/mol. The van der Waals surface area contributed by atoms with Gasteiger partial charge in [-0.25, -0.2) is 0 Å². The number of carboxylic acids is 1. The van der Waals surface area contributed by atoms with Gasteiger partial charge in [-0.2, -0.15) is 0 Å². The minimum absolute atomic E-state index is 0. The smallest absolute Gasteiger partial charge is 0.0383 e. The molecule has 0 aliphatic carbocycles. The third kappa shape index (κ3) is 7850. The van der Waals surface area contributed by atoms with Crippen LogP contribution in [0.15, 0.2) is 0 Å². The van der Waals surface area contributed by atoms with E-state index in [1.807, 2.05) is 0 Å². The summed E-state index contributed by atoms with van der Waals surface area (Å²) in [6.07, 6.45) is 0. The van der Waals surface area contributed by atoms with Gasteiger partial charge in [0.1, 0.15) is 0 Å². The van der Waals surface area contributed by atoms with Crippen LogP contribution >= 0.6 is 0 Å². The second-order valence-electron chi connectivity index (χ2n) is 0.492. The van der Waals surface area contributed by atoms with Gasteiger partial charge < -0.3 is 31.8 Å². The van der Waals surface area contributed by atoms with Crippen LogP contribution in [0.2, 0.25) is 0 Å². The molecule has 0 rings (SSSR count). The summed E-state index contributed by atoms with van der Waals surface area (Å²) in [5, 5.41) is 8.89. The van der Waals surface area contributed by atoms with E-state index in [-0.39, 0.29) is 38.7 Å². The fourth-order valence-electron chi connectivity index (χ4n) is 0. The Labute approximate surface area is 62.3 Å². The van der Waals surface area contributed by atoms with Crippen LogP contribution in [0, 0.1) is 0 Å². The number of rotatable bonds is 0. The molecule has 9 heavy (non-hydrogen) atoms. The molecule has 0 saturated heterocycles. The summed E-state index contributed by atoms with van der Waals surface area (Å²) in [4.78, 5) is 8.89. The minimum atomic E-state index is -1.08. The topological polar surface area (TPSA) is 166 Å². The summed E-state index contributed by atoms with van der Waals surface area (Å²) in [5.41, 5.74) is 0. The number of carbonyl (C=O) groups is 1. The van der Waals surface area contributed by atoms with E-state index >= 15 is 0 Å². The normalized spacial score (nSPS) is 2.78. The van der Waals surface area contributed by atoms with E-state index in [0.717, 1.165) is 6.92 Å². The predicted molar refractivity (Wildman–Crippen MR) is 25.1 cm³/mol. The first-order chi connectivity index (χ1) is 1.73. The van der Waals surface area contributed by atoms with Crippen LogP contribution in [0.4, 0.5) is 0 Å². The van der Waals surface area contributed by atoms with Crippen molar-refractivity contribution in [1.29, 1.82) is 0 Å². The van der Waals surface area contributed by atoms with Gasteiger partial charge in [-0.3, -0.25) is 0 Å². The quantitative estimate of drug-likeness (QED) is 0.375. The fraction of sp³-hybridized carbons (Fsp3) is 0.500. The van der Waals surface area contributed by atoms with E-state index in [2.05, 4.69) is 0 Å². The van der Waals surface area contributed by atoms with Crippen LogP contribution in [0.1, 0.15) is 6.92 Å². The largest absolute Gasteiger partial charge is 0.550 e. The molecule has 7 heteroatoms. The molecular formula is C2H11CoO6-. The molecule has 0 aromatic carbocycles. The molecule has 6 nitrogen and oxygen atoms in total. The molecule has 0 amide bonds. The zero-order valence-electron chi connectivity index (χ0n) is 4.65. The van der Waals surface area contributed by atoms with Gasteiger partial charge in [-0.05, 0) is 6.92 Å². The van der Waals surface area contributed by atoms with Crippen molar-refractivity contribution >= 4 is 5.97 Å². The third-order valence-corrected chi connectivity index (χ3v) is 0. The van der Waals surface area contributed by atoms with E-state index < -0.39 is 5.97 Å². The van der Waals surface area contributed by atoms with E-state index in [9.17, 15) is 0 Å². The monoisotopic (exact) mass is 190 g/mol. The summed E-state index contributed by atoms with van der Waals surface area (Å²) in [5.74, 6) is -1.08. The third-order valence-electron chi connectivity index (χ3n) is 0. The molecule has 0 aliphatic heterocycles. The summed E-state index contributed by atoms with van der Waals surface area (Å²) in [7, 11) is 0. The molecule has 0 aromatic rings. The number of hydrogen-bond donors (Lipinski definition) is 0. The van der Waals surface area contributed by atoms with Gasteiger partial charge in [-0.15, -0.1) is 0 Å². The first-order valence-corrected chi connectivity index (χ1v) is 0.908. The van der Waals surface area contributed by atoms with Gasteiger partial charge in [0.05, 0.1) is 0 Å². The van der Waals surface area contributed by atoms with Crippen LogP contribution in [-0.2, 0) is 21.6 Å². The first-order valence-electron chi connectivity index (χ1n) is 0.908. The van der Waals surface area contributed by atoms with E-state index in [4.69, 9.17) is 9.90 Å². The van der Waals surface area contributed by atoms with Crippen LogP contribution in [0.5, 0.6) is 0 Å². The van der Waals surface area contributed by atoms with Crippen molar-refractivity contribution in [2.24, 2.45) is 0 Å². The maximum atomic E-state index is 8.89. The Balaban J connectivity index is -0.00000000450. The first kappa shape index (κ1) is 67.9. The Bertz CT molecular complexity index is 34.0. The Morgan fingerprint density at radius 1 is 1.11 bits per heavy atom. The molecule has 0 aromatic heterocycles. The molecule has 0 unspecified atom stereocenters. The average Bonchev–Trinajstić information content (AvgIpc) is 0.811. The number of carbonyl (C=O) groups excluding carboxylic acids is 1. The summed E-state index contributed by atoms with van der Waals surface area (Å²) in [6, 6.07) is 0. The Hall–Kier alpha value is -0.184. The summed E-state index contributed by atoms with van der Waals surface area (Å²) >= 11 is 0. The maximum Gasteiger partial charge on any atom is 0.0383 e. The summed E-state index contributed by atoms with van der Waals surface area (Å²) < 4.78 is 0. The molecule has 0 bridgehead atoms. The van der Waals surface area contributed by atoms with Crippen molar-refractivity contribution in [3.05, 3.63) is 0 Å². The number of aliphatic carboxylic acids is 1. The fourth-order valence-corrected chi connectivity index (χ4v) is 0. The zero-order valence-corrected chi connectivity index (χ0v) is 5.69. The Kier molecular flexibility index (Phi) is 345. The number of hydrogen-bond acceptors (Lipinski definition) is 2. The minimum Gasteiger partial charge on any atom is -0.550 e. The zero-order chi connectivity index (χ0) is 3.58. The van der Waals surface area contributed by atoms with Gasteiger partial charge >= 0.3 is 0 Å². The molecule has 0 atom stereocenters. The molecule has 0 spiro atoms. The Morgan fingerprint density at radius 3 is 1.11 bits per heavy atom. The second-order valence-corrected chi connectivity index (χ2v) is 0.492. The van der Waals surface area contributed by atoms with Crippen molar-refractivity contribution in [1.82, 2.24) is 0 Å². The molecule has 0 aliphatic rings. The van der Waals surface area contributed by atoms with Crippen LogP contribution in [0.3, 0.4) is 0 Å². The van der Waals surface area contributed by atoms with Gasteiger partial charge in [0.25, 0.3) is 0 Å². The molecule has 1 radical (unpaired) electrons. The van der Waals surface area contributed by atoms with E-state index in [1.54, 1.807) is 0 Å². The van der Waals surface area contributed by atoms with Crippen molar-refractivity contribution in [3.8, 4) is 0 Å². The predicted octanol–water partition coefficient (Wildman–Crippen LogP) is -4.55. The van der Waals surface area contributed by atoms with Crippen LogP contribution < -0.4 is 5.11 Å². The molecule has 0 heterocycles. The molecule has 65 valence electrons. The van der Waals surface area contributed by atoms with Crippen LogP contribution in [0.25, 0.3) is 0 Å².